The first-order chi connectivity index (χ1) is 12.1. The van der Waals surface area contributed by atoms with Crippen molar-refractivity contribution in [2.24, 2.45) is 0 Å². The van der Waals surface area contributed by atoms with Gasteiger partial charge in [0.05, 0.1) is 0 Å². The molecule has 1 aromatic rings. The molecule has 3 N–H and O–H groups in total. The van der Waals surface area contributed by atoms with Gasteiger partial charge < -0.3 is 16.0 Å². The lowest BCUT2D eigenvalue weighted by atomic mass is 9.97. The van der Waals surface area contributed by atoms with Crippen molar-refractivity contribution >= 4 is 11.9 Å². The van der Waals surface area contributed by atoms with Crippen LogP contribution in [-0.4, -0.2) is 31.6 Å². The number of amides is 3. The Morgan fingerprint density at radius 1 is 1.08 bits per heavy atom. The number of urea groups is 1. The molecule has 0 atom stereocenters. The van der Waals surface area contributed by atoms with Crippen molar-refractivity contribution in [2.45, 2.75) is 39.0 Å². The van der Waals surface area contributed by atoms with E-state index in [4.69, 9.17) is 0 Å². The summed E-state index contributed by atoms with van der Waals surface area (Å²) in [6.45, 7) is 2.86. The van der Waals surface area contributed by atoms with E-state index in [1.54, 1.807) is 19.1 Å². The molecule has 1 aliphatic rings. The lowest BCUT2D eigenvalue weighted by Crippen LogP contribution is -2.40. The zero-order valence-corrected chi connectivity index (χ0v) is 14.7. The minimum Gasteiger partial charge on any atom is -0.350 e. The monoisotopic (exact) mass is 347 g/mol. The Kier molecular flexibility index (Phi) is 7.44. The van der Waals surface area contributed by atoms with Crippen molar-refractivity contribution < 1.29 is 14.0 Å². The summed E-state index contributed by atoms with van der Waals surface area (Å²) in [5, 5.41) is 8.15. The molecular weight excluding hydrogens is 321 g/mol. The largest absolute Gasteiger partial charge is 0.350 e. The quantitative estimate of drug-likeness (QED) is 0.524. The standard InChI is InChI=1S/C19H26FN3O2/c1-14-7-8-16(13-17(14)20)18(24)21-11-12-23-19(25)22-10-9-15-5-3-2-4-6-15/h5,7-8,13H,2-4,6,9-12H2,1H3,(H,21,24)(H2,22,23,25). The van der Waals surface area contributed by atoms with Crippen molar-refractivity contribution in [1.29, 1.82) is 0 Å². The van der Waals surface area contributed by atoms with Crippen LogP contribution in [0.3, 0.4) is 0 Å². The molecule has 3 amide bonds. The number of benzene rings is 1. The smallest absolute Gasteiger partial charge is 0.314 e. The zero-order valence-electron chi connectivity index (χ0n) is 14.7. The van der Waals surface area contributed by atoms with Crippen LogP contribution >= 0.6 is 0 Å². The highest BCUT2D eigenvalue weighted by atomic mass is 19.1. The van der Waals surface area contributed by atoms with Gasteiger partial charge in [-0.05, 0) is 56.7 Å². The first-order valence-corrected chi connectivity index (χ1v) is 8.80. The molecule has 25 heavy (non-hydrogen) atoms. The van der Waals surface area contributed by atoms with Gasteiger partial charge in [0.2, 0.25) is 0 Å². The van der Waals surface area contributed by atoms with Crippen LogP contribution < -0.4 is 16.0 Å². The van der Waals surface area contributed by atoms with Crippen molar-refractivity contribution in [3.63, 3.8) is 0 Å². The summed E-state index contributed by atoms with van der Waals surface area (Å²) in [7, 11) is 0. The number of rotatable bonds is 7. The van der Waals surface area contributed by atoms with E-state index in [-0.39, 0.29) is 24.0 Å². The molecule has 0 aromatic heterocycles. The van der Waals surface area contributed by atoms with Crippen molar-refractivity contribution in [1.82, 2.24) is 16.0 Å². The van der Waals surface area contributed by atoms with Crippen LogP contribution in [0.2, 0.25) is 0 Å². The highest BCUT2D eigenvalue weighted by molar-refractivity contribution is 5.94. The molecule has 0 bridgehead atoms. The summed E-state index contributed by atoms with van der Waals surface area (Å²) in [6, 6.07) is 4.11. The summed E-state index contributed by atoms with van der Waals surface area (Å²) in [5.41, 5.74) is 2.19. The molecule has 0 heterocycles. The second-order valence-electron chi connectivity index (χ2n) is 6.26. The fraction of sp³-hybridized carbons (Fsp3) is 0.474. The molecule has 6 heteroatoms. The maximum absolute atomic E-state index is 13.4. The molecule has 0 fully saturated rings. The van der Waals surface area contributed by atoms with Gasteiger partial charge in [0.25, 0.3) is 5.91 Å². The number of carbonyl (C=O) groups is 2. The van der Waals surface area contributed by atoms with Gasteiger partial charge in [-0.3, -0.25) is 4.79 Å². The van der Waals surface area contributed by atoms with Crippen LogP contribution in [0.4, 0.5) is 9.18 Å². The third-order valence-corrected chi connectivity index (χ3v) is 4.25. The fourth-order valence-corrected chi connectivity index (χ4v) is 2.72. The molecule has 0 saturated heterocycles. The molecular formula is C19H26FN3O2. The highest BCUT2D eigenvalue weighted by Gasteiger charge is 2.08. The van der Waals surface area contributed by atoms with Gasteiger partial charge in [0.15, 0.2) is 0 Å². The van der Waals surface area contributed by atoms with E-state index in [1.165, 1.54) is 24.5 Å². The van der Waals surface area contributed by atoms with Crippen LogP contribution in [0.15, 0.2) is 29.8 Å². The highest BCUT2D eigenvalue weighted by Crippen LogP contribution is 2.19. The van der Waals surface area contributed by atoms with Crippen LogP contribution in [0.1, 0.15) is 48.0 Å². The predicted octanol–water partition coefficient (Wildman–Crippen LogP) is 3.05. The van der Waals surface area contributed by atoms with Gasteiger partial charge in [-0.25, -0.2) is 9.18 Å². The number of carbonyl (C=O) groups excluding carboxylic acids is 2. The fourth-order valence-electron chi connectivity index (χ4n) is 2.72. The van der Waals surface area contributed by atoms with Gasteiger partial charge in [-0.2, -0.15) is 0 Å². The first-order valence-electron chi connectivity index (χ1n) is 8.80. The number of hydrogen-bond donors (Lipinski definition) is 3. The van der Waals surface area contributed by atoms with E-state index < -0.39 is 5.82 Å². The SMILES string of the molecule is Cc1ccc(C(=O)NCCNC(=O)NCCC2=CCCCC2)cc1F. The molecule has 5 nitrogen and oxygen atoms in total. The Hall–Kier alpha value is -2.37. The summed E-state index contributed by atoms with van der Waals surface area (Å²) in [6.07, 6.45) is 7.94. The van der Waals surface area contributed by atoms with Crippen molar-refractivity contribution in [2.75, 3.05) is 19.6 Å². The molecule has 0 spiro atoms. The Labute approximate surface area is 148 Å². The number of halogens is 1. The number of hydrogen-bond acceptors (Lipinski definition) is 2. The molecule has 0 unspecified atom stereocenters. The van der Waals surface area contributed by atoms with Crippen LogP contribution in [0, 0.1) is 12.7 Å². The zero-order chi connectivity index (χ0) is 18.1. The Morgan fingerprint density at radius 3 is 2.56 bits per heavy atom. The minimum atomic E-state index is -0.404. The molecule has 1 aliphatic carbocycles. The minimum absolute atomic E-state index is 0.243. The van der Waals surface area contributed by atoms with Crippen LogP contribution in [-0.2, 0) is 0 Å². The molecule has 0 radical (unpaired) electrons. The predicted molar refractivity (Wildman–Crippen MR) is 96.0 cm³/mol. The maximum Gasteiger partial charge on any atom is 0.314 e. The van der Waals surface area contributed by atoms with E-state index in [0.29, 0.717) is 18.7 Å². The Bertz CT molecular complexity index is 644. The van der Waals surface area contributed by atoms with Gasteiger partial charge in [0, 0.05) is 25.2 Å². The second kappa shape index (κ2) is 9.81. The van der Waals surface area contributed by atoms with E-state index in [0.717, 1.165) is 19.3 Å². The van der Waals surface area contributed by atoms with Gasteiger partial charge in [-0.1, -0.05) is 17.7 Å². The van der Waals surface area contributed by atoms with E-state index in [2.05, 4.69) is 22.0 Å². The summed E-state index contributed by atoms with van der Waals surface area (Å²) in [4.78, 5) is 23.6. The lowest BCUT2D eigenvalue weighted by molar-refractivity contribution is 0.0953. The first kappa shape index (κ1) is 19.0. The molecule has 0 aliphatic heterocycles. The second-order valence-corrected chi connectivity index (χ2v) is 6.26. The van der Waals surface area contributed by atoms with Crippen LogP contribution in [0.5, 0.6) is 0 Å². The van der Waals surface area contributed by atoms with E-state index in [1.807, 2.05) is 0 Å². The topological polar surface area (TPSA) is 70.2 Å². The van der Waals surface area contributed by atoms with Crippen LogP contribution in [0.25, 0.3) is 0 Å². The molecule has 136 valence electrons. The van der Waals surface area contributed by atoms with Gasteiger partial charge in [0.1, 0.15) is 5.82 Å². The third-order valence-electron chi connectivity index (χ3n) is 4.25. The van der Waals surface area contributed by atoms with Crippen molar-refractivity contribution in [3.05, 3.63) is 46.8 Å². The van der Waals surface area contributed by atoms with E-state index >= 15 is 0 Å². The molecule has 1 aromatic carbocycles. The van der Waals surface area contributed by atoms with E-state index in [9.17, 15) is 14.0 Å². The van der Waals surface area contributed by atoms with Gasteiger partial charge >= 0.3 is 6.03 Å². The van der Waals surface area contributed by atoms with Gasteiger partial charge in [-0.15, -0.1) is 0 Å². The average molecular weight is 347 g/mol. The maximum atomic E-state index is 13.4. The summed E-state index contributed by atoms with van der Waals surface area (Å²) in [5.74, 6) is -0.761. The van der Waals surface area contributed by atoms with Crippen molar-refractivity contribution in [3.8, 4) is 0 Å². The lowest BCUT2D eigenvalue weighted by Gasteiger charge is -2.13. The Morgan fingerprint density at radius 2 is 1.84 bits per heavy atom. The molecule has 0 saturated carbocycles. The number of allylic oxidation sites excluding steroid dienone is 1. The normalized spacial score (nSPS) is 13.8. The summed E-state index contributed by atoms with van der Waals surface area (Å²) >= 11 is 0. The third kappa shape index (κ3) is 6.57. The Balaban J connectivity index is 1.58. The summed E-state index contributed by atoms with van der Waals surface area (Å²) < 4.78 is 13.4. The number of nitrogens with one attached hydrogen (secondary N) is 3. The number of aryl methyl sites for hydroxylation is 1. The molecule has 2 rings (SSSR count). The average Bonchev–Trinajstić information content (AvgIpc) is 2.62.